The van der Waals surface area contributed by atoms with Gasteiger partial charge in [0.25, 0.3) is 0 Å². The molecule has 0 aliphatic heterocycles. The van der Waals surface area contributed by atoms with E-state index >= 15 is 0 Å². The standard InChI is InChI=1S/C12H14N4O/c1-9-3-4-11(10(13)7-9)15-12(17)8-16-6-2-5-14-16/h2-7H,8,13H2,1H3,(H,15,17). The van der Waals surface area contributed by atoms with E-state index in [0.29, 0.717) is 11.4 Å². The highest BCUT2D eigenvalue weighted by atomic mass is 16.2. The van der Waals surface area contributed by atoms with Gasteiger partial charge < -0.3 is 11.1 Å². The second kappa shape index (κ2) is 4.69. The Labute approximate surface area is 99.2 Å². The monoisotopic (exact) mass is 230 g/mol. The van der Waals surface area contributed by atoms with Gasteiger partial charge in [0.05, 0.1) is 11.4 Å². The summed E-state index contributed by atoms with van der Waals surface area (Å²) < 4.78 is 1.56. The van der Waals surface area contributed by atoms with Crippen molar-refractivity contribution in [2.24, 2.45) is 0 Å². The van der Waals surface area contributed by atoms with E-state index in [9.17, 15) is 4.79 Å². The van der Waals surface area contributed by atoms with Crippen LogP contribution in [0.5, 0.6) is 0 Å². The summed E-state index contributed by atoms with van der Waals surface area (Å²) in [5.74, 6) is -0.149. The summed E-state index contributed by atoms with van der Waals surface area (Å²) in [6, 6.07) is 7.29. The van der Waals surface area contributed by atoms with E-state index in [1.807, 2.05) is 19.1 Å². The molecule has 0 atom stereocenters. The number of amides is 1. The highest BCUT2D eigenvalue weighted by Crippen LogP contribution is 2.19. The van der Waals surface area contributed by atoms with Crippen molar-refractivity contribution in [3.05, 3.63) is 42.2 Å². The van der Waals surface area contributed by atoms with Gasteiger partial charge in [-0.1, -0.05) is 6.07 Å². The van der Waals surface area contributed by atoms with Crippen LogP contribution in [0.2, 0.25) is 0 Å². The maximum absolute atomic E-state index is 11.7. The SMILES string of the molecule is Cc1ccc(NC(=O)Cn2cccn2)c(N)c1. The molecule has 0 aliphatic carbocycles. The molecule has 2 rings (SSSR count). The van der Waals surface area contributed by atoms with Crippen LogP contribution in [-0.4, -0.2) is 15.7 Å². The highest BCUT2D eigenvalue weighted by molar-refractivity contribution is 5.93. The molecule has 17 heavy (non-hydrogen) atoms. The number of anilines is 2. The third kappa shape index (κ3) is 2.84. The van der Waals surface area contributed by atoms with Crippen molar-refractivity contribution >= 4 is 17.3 Å². The lowest BCUT2D eigenvalue weighted by Crippen LogP contribution is -2.19. The first kappa shape index (κ1) is 11.2. The molecule has 0 aliphatic rings. The molecular formula is C12H14N4O. The zero-order valence-corrected chi connectivity index (χ0v) is 9.55. The minimum atomic E-state index is -0.149. The normalized spacial score (nSPS) is 10.2. The van der Waals surface area contributed by atoms with Gasteiger partial charge >= 0.3 is 0 Å². The zero-order valence-electron chi connectivity index (χ0n) is 9.55. The molecule has 0 saturated carbocycles. The molecule has 88 valence electrons. The maximum Gasteiger partial charge on any atom is 0.246 e. The number of aryl methyl sites for hydroxylation is 1. The van der Waals surface area contributed by atoms with Crippen molar-refractivity contribution < 1.29 is 4.79 Å². The average molecular weight is 230 g/mol. The number of aromatic nitrogens is 2. The van der Waals surface area contributed by atoms with Crippen LogP contribution in [0.4, 0.5) is 11.4 Å². The number of carbonyl (C=O) groups is 1. The summed E-state index contributed by atoms with van der Waals surface area (Å²) in [7, 11) is 0. The van der Waals surface area contributed by atoms with Crippen LogP contribution in [0.25, 0.3) is 0 Å². The molecule has 0 fully saturated rings. The predicted octanol–water partition coefficient (Wildman–Crippen LogP) is 1.41. The Morgan fingerprint density at radius 3 is 3.00 bits per heavy atom. The van der Waals surface area contributed by atoms with Crippen LogP contribution >= 0.6 is 0 Å². The number of nitrogens with zero attached hydrogens (tertiary/aromatic N) is 2. The Kier molecular flexibility index (Phi) is 3.09. The maximum atomic E-state index is 11.7. The Morgan fingerprint density at radius 1 is 1.53 bits per heavy atom. The van der Waals surface area contributed by atoms with Gasteiger partial charge in [-0.2, -0.15) is 5.10 Å². The molecule has 1 aromatic carbocycles. The number of hydrogen-bond acceptors (Lipinski definition) is 3. The third-order valence-electron chi connectivity index (χ3n) is 2.35. The van der Waals surface area contributed by atoms with Gasteiger partial charge in [0.2, 0.25) is 5.91 Å². The molecule has 1 aromatic heterocycles. The number of benzene rings is 1. The molecule has 1 amide bonds. The van der Waals surface area contributed by atoms with Crippen LogP contribution in [-0.2, 0) is 11.3 Å². The average Bonchev–Trinajstić information content (AvgIpc) is 2.75. The van der Waals surface area contributed by atoms with Gasteiger partial charge in [-0.15, -0.1) is 0 Å². The number of nitrogens with one attached hydrogen (secondary N) is 1. The van der Waals surface area contributed by atoms with Gasteiger partial charge in [-0.3, -0.25) is 9.48 Å². The van der Waals surface area contributed by atoms with Crippen LogP contribution in [0.15, 0.2) is 36.7 Å². The molecule has 1 heterocycles. The number of nitrogens with two attached hydrogens (primary N) is 1. The lowest BCUT2D eigenvalue weighted by atomic mass is 10.2. The van der Waals surface area contributed by atoms with Gasteiger partial charge in [-0.05, 0) is 30.7 Å². The first-order valence-corrected chi connectivity index (χ1v) is 5.28. The van der Waals surface area contributed by atoms with Crippen molar-refractivity contribution in [3.8, 4) is 0 Å². The Balaban J connectivity index is 2.03. The molecule has 2 aromatic rings. The largest absolute Gasteiger partial charge is 0.397 e. The van der Waals surface area contributed by atoms with E-state index in [4.69, 9.17) is 5.73 Å². The van der Waals surface area contributed by atoms with Gasteiger partial charge in [0.15, 0.2) is 0 Å². The Bertz CT molecular complexity index is 519. The number of carbonyl (C=O) groups excluding carboxylic acids is 1. The van der Waals surface area contributed by atoms with Crippen LogP contribution in [0.1, 0.15) is 5.56 Å². The fourth-order valence-corrected chi connectivity index (χ4v) is 1.53. The van der Waals surface area contributed by atoms with Gasteiger partial charge in [0, 0.05) is 12.4 Å². The van der Waals surface area contributed by atoms with Crippen molar-refractivity contribution in [1.29, 1.82) is 0 Å². The van der Waals surface area contributed by atoms with E-state index in [1.165, 1.54) is 0 Å². The molecule has 0 unspecified atom stereocenters. The molecule has 5 heteroatoms. The van der Waals surface area contributed by atoms with E-state index in [1.54, 1.807) is 29.2 Å². The second-order valence-corrected chi connectivity index (χ2v) is 3.84. The van der Waals surface area contributed by atoms with Crippen molar-refractivity contribution in [3.63, 3.8) is 0 Å². The Morgan fingerprint density at radius 2 is 2.35 bits per heavy atom. The van der Waals surface area contributed by atoms with E-state index < -0.39 is 0 Å². The summed E-state index contributed by atoms with van der Waals surface area (Å²) in [4.78, 5) is 11.7. The number of hydrogen-bond donors (Lipinski definition) is 2. The fourth-order valence-electron chi connectivity index (χ4n) is 1.53. The van der Waals surface area contributed by atoms with Crippen LogP contribution in [0, 0.1) is 6.92 Å². The number of nitrogen functional groups attached to an aromatic ring is 1. The van der Waals surface area contributed by atoms with Gasteiger partial charge in [-0.25, -0.2) is 0 Å². The molecule has 0 bridgehead atoms. The topological polar surface area (TPSA) is 72.9 Å². The molecule has 5 nitrogen and oxygen atoms in total. The van der Waals surface area contributed by atoms with E-state index in [2.05, 4.69) is 10.4 Å². The minimum absolute atomic E-state index is 0.149. The molecule has 0 saturated heterocycles. The lowest BCUT2D eigenvalue weighted by molar-refractivity contribution is -0.116. The first-order valence-electron chi connectivity index (χ1n) is 5.28. The summed E-state index contributed by atoms with van der Waals surface area (Å²) in [5, 5.41) is 6.71. The predicted molar refractivity (Wildman–Crippen MR) is 66.4 cm³/mol. The Hall–Kier alpha value is -2.30. The van der Waals surface area contributed by atoms with Crippen LogP contribution < -0.4 is 11.1 Å². The molecule has 0 radical (unpaired) electrons. The third-order valence-corrected chi connectivity index (χ3v) is 2.35. The smallest absolute Gasteiger partial charge is 0.246 e. The molecule has 0 spiro atoms. The second-order valence-electron chi connectivity index (χ2n) is 3.84. The van der Waals surface area contributed by atoms with E-state index in [0.717, 1.165) is 5.56 Å². The lowest BCUT2D eigenvalue weighted by Gasteiger charge is -2.08. The minimum Gasteiger partial charge on any atom is -0.397 e. The van der Waals surface area contributed by atoms with Crippen molar-refractivity contribution in [1.82, 2.24) is 9.78 Å². The quantitative estimate of drug-likeness (QED) is 0.783. The van der Waals surface area contributed by atoms with Crippen molar-refractivity contribution in [2.45, 2.75) is 13.5 Å². The summed E-state index contributed by atoms with van der Waals surface area (Å²) in [5.41, 5.74) is 8.07. The summed E-state index contributed by atoms with van der Waals surface area (Å²) in [6.07, 6.45) is 3.37. The number of rotatable bonds is 3. The van der Waals surface area contributed by atoms with E-state index in [-0.39, 0.29) is 12.5 Å². The molecule has 3 N–H and O–H groups in total. The summed E-state index contributed by atoms with van der Waals surface area (Å²) >= 11 is 0. The van der Waals surface area contributed by atoms with Gasteiger partial charge in [0.1, 0.15) is 6.54 Å². The van der Waals surface area contributed by atoms with Crippen molar-refractivity contribution in [2.75, 3.05) is 11.1 Å². The zero-order chi connectivity index (χ0) is 12.3. The highest BCUT2D eigenvalue weighted by Gasteiger charge is 2.06. The van der Waals surface area contributed by atoms with Crippen LogP contribution in [0.3, 0.4) is 0 Å². The first-order chi connectivity index (χ1) is 8.15. The molecular weight excluding hydrogens is 216 g/mol. The summed E-state index contributed by atoms with van der Waals surface area (Å²) in [6.45, 7) is 2.13. The fraction of sp³-hybridized carbons (Fsp3) is 0.167.